The van der Waals surface area contributed by atoms with E-state index in [0.29, 0.717) is 12.5 Å². The third-order valence-corrected chi connectivity index (χ3v) is 4.15. The van der Waals surface area contributed by atoms with E-state index in [1.54, 1.807) is 0 Å². The highest BCUT2D eigenvalue weighted by Gasteiger charge is 2.43. The van der Waals surface area contributed by atoms with E-state index in [9.17, 15) is 4.79 Å². The minimum absolute atomic E-state index is 0.0975. The fourth-order valence-corrected chi connectivity index (χ4v) is 2.74. The topological polar surface area (TPSA) is 52.3 Å². The Morgan fingerprint density at radius 1 is 1.33 bits per heavy atom. The number of nitrogens with two attached hydrogens (primary N) is 1. The van der Waals surface area contributed by atoms with Gasteiger partial charge in [-0.15, -0.1) is 0 Å². The van der Waals surface area contributed by atoms with Gasteiger partial charge in [-0.2, -0.15) is 0 Å². The van der Waals surface area contributed by atoms with E-state index in [4.69, 9.17) is 10.5 Å². The highest BCUT2D eigenvalue weighted by Crippen LogP contribution is 2.42. The van der Waals surface area contributed by atoms with Crippen LogP contribution in [0.25, 0.3) is 0 Å². The number of esters is 1. The van der Waals surface area contributed by atoms with E-state index < -0.39 is 11.0 Å². The van der Waals surface area contributed by atoms with Crippen LogP contribution in [0.2, 0.25) is 0 Å². The van der Waals surface area contributed by atoms with Gasteiger partial charge in [0.2, 0.25) is 0 Å². The molecule has 1 aliphatic rings. The lowest BCUT2D eigenvalue weighted by Gasteiger charge is -2.40. The van der Waals surface area contributed by atoms with Crippen molar-refractivity contribution in [3.63, 3.8) is 0 Å². The lowest BCUT2D eigenvalue weighted by molar-refractivity contribution is -0.170. The third kappa shape index (κ3) is 3.71. The first-order chi connectivity index (χ1) is 8.20. The average molecular weight is 255 g/mol. The molecule has 1 fully saturated rings. The van der Waals surface area contributed by atoms with Crippen LogP contribution in [0, 0.1) is 17.3 Å². The summed E-state index contributed by atoms with van der Waals surface area (Å²) in [5, 5.41) is 0. The Hall–Kier alpha value is -0.570. The number of carbonyl (C=O) groups excluding carboxylic acids is 1. The van der Waals surface area contributed by atoms with Crippen LogP contribution in [-0.4, -0.2) is 18.1 Å². The molecule has 0 aliphatic heterocycles. The number of hydrogen-bond acceptors (Lipinski definition) is 3. The number of hydrogen-bond donors (Lipinski definition) is 1. The van der Waals surface area contributed by atoms with Crippen molar-refractivity contribution in [1.82, 2.24) is 0 Å². The van der Waals surface area contributed by atoms with Gasteiger partial charge in [0.1, 0.15) is 5.60 Å². The van der Waals surface area contributed by atoms with Crippen molar-refractivity contribution in [2.75, 3.05) is 6.54 Å². The molecule has 0 amide bonds. The number of ether oxygens (including phenoxy) is 1. The van der Waals surface area contributed by atoms with Crippen LogP contribution in [0.5, 0.6) is 0 Å². The monoisotopic (exact) mass is 255 g/mol. The predicted molar refractivity (Wildman–Crippen MR) is 74.1 cm³/mol. The second kappa shape index (κ2) is 5.60. The molecule has 2 N–H and O–H groups in total. The van der Waals surface area contributed by atoms with Crippen molar-refractivity contribution in [3.05, 3.63) is 0 Å². The molecule has 1 saturated carbocycles. The Morgan fingerprint density at radius 2 is 1.83 bits per heavy atom. The largest absolute Gasteiger partial charge is 0.460 e. The van der Waals surface area contributed by atoms with Crippen LogP contribution in [0.1, 0.15) is 60.3 Å². The molecule has 3 heteroatoms. The molecule has 0 atom stereocenters. The summed E-state index contributed by atoms with van der Waals surface area (Å²) in [4.78, 5) is 12.3. The number of rotatable bonds is 3. The normalized spacial score (nSPS) is 29.4. The maximum atomic E-state index is 12.3. The van der Waals surface area contributed by atoms with Gasteiger partial charge in [-0.25, -0.2) is 0 Å². The molecule has 106 valence electrons. The molecule has 0 aromatic heterocycles. The van der Waals surface area contributed by atoms with Gasteiger partial charge in [0.25, 0.3) is 0 Å². The minimum Gasteiger partial charge on any atom is -0.460 e. The van der Waals surface area contributed by atoms with Crippen molar-refractivity contribution in [2.24, 2.45) is 23.0 Å². The van der Waals surface area contributed by atoms with Gasteiger partial charge in [0.05, 0.1) is 5.41 Å². The van der Waals surface area contributed by atoms with E-state index in [1.165, 1.54) is 0 Å². The molecular weight excluding hydrogens is 226 g/mol. The molecule has 0 saturated heterocycles. The summed E-state index contributed by atoms with van der Waals surface area (Å²) >= 11 is 0. The Labute approximate surface area is 111 Å². The summed E-state index contributed by atoms with van der Waals surface area (Å²) in [5.41, 5.74) is 5.02. The molecule has 1 aliphatic carbocycles. The molecule has 0 bridgehead atoms. The molecule has 0 heterocycles. The molecule has 0 spiro atoms. The molecule has 18 heavy (non-hydrogen) atoms. The molecule has 0 radical (unpaired) electrons. The van der Waals surface area contributed by atoms with Gasteiger partial charge in [0.15, 0.2) is 0 Å². The van der Waals surface area contributed by atoms with Gasteiger partial charge in [-0.3, -0.25) is 4.79 Å². The summed E-state index contributed by atoms with van der Waals surface area (Å²) in [6.45, 7) is 10.7. The highest BCUT2D eigenvalue weighted by molar-refractivity contribution is 5.77. The Kier molecular flexibility index (Phi) is 4.82. The summed E-state index contributed by atoms with van der Waals surface area (Å²) in [6.07, 6.45) is 3.94. The SMILES string of the molecule is CC(C)C1CCC(CN)(C(=O)OC(C)(C)C)CC1. The zero-order chi connectivity index (χ0) is 14.0. The zero-order valence-corrected chi connectivity index (χ0v) is 12.6. The van der Waals surface area contributed by atoms with Gasteiger partial charge < -0.3 is 10.5 Å². The fourth-order valence-electron chi connectivity index (χ4n) is 2.74. The van der Waals surface area contributed by atoms with Crippen molar-refractivity contribution in [3.8, 4) is 0 Å². The minimum atomic E-state index is -0.432. The lowest BCUT2D eigenvalue weighted by atomic mass is 9.68. The van der Waals surface area contributed by atoms with Crippen LogP contribution in [0.15, 0.2) is 0 Å². The van der Waals surface area contributed by atoms with E-state index in [1.807, 2.05) is 20.8 Å². The Bertz CT molecular complexity index is 283. The van der Waals surface area contributed by atoms with Crippen LogP contribution < -0.4 is 5.73 Å². The summed E-state index contributed by atoms with van der Waals surface area (Å²) in [7, 11) is 0. The van der Waals surface area contributed by atoms with Crippen LogP contribution in [-0.2, 0) is 9.53 Å². The van der Waals surface area contributed by atoms with Crippen molar-refractivity contribution in [2.45, 2.75) is 65.9 Å². The molecule has 0 aromatic carbocycles. The quantitative estimate of drug-likeness (QED) is 0.788. The van der Waals surface area contributed by atoms with E-state index in [0.717, 1.165) is 31.6 Å². The van der Waals surface area contributed by atoms with E-state index in [2.05, 4.69) is 13.8 Å². The van der Waals surface area contributed by atoms with Crippen LogP contribution in [0.4, 0.5) is 0 Å². The van der Waals surface area contributed by atoms with Gasteiger partial charge >= 0.3 is 5.97 Å². The Morgan fingerprint density at radius 3 is 2.17 bits per heavy atom. The van der Waals surface area contributed by atoms with E-state index >= 15 is 0 Å². The lowest BCUT2D eigenvalue weighted by Crippen LogP contribution is -2.45. The molecule has 3 nitrogen and oxygen atoms in total. The average Bonchev–Trinajstić information content (AvgIpc) is 2.26. The molecule has 1 rings (SSSR count). The van der Waals surface area contributed by atoms with Crippen molar-refractivity contribution >= 4 is 5.97 Å². The molecular formula is C15H29NO2. The predicted octanol–water partition coefficient (Wildman–Crippen LogP) is 3.12. The summed E-state index contributed by atoms with van der Waals surface area (Å²) in [6, 6.07) is 0. The maximum Gasteiger partial charge on any atom is 0.313 e. The first-order valence-electron chi connectivity index (χ1n) is 7.14. The van der Waals surface area contributed by atoms with Gasteiger partial charge in [-0.1, -0.05) is 13.8 Å². The summed E-state index contributed by atoms with van der Waals surface area (Å²) < 4.78 is 5.55. The first-order valence-corrected chi connectivity index (χ1v) is 7.14. The summed E-state index contributed by atoms with van der Waals surface area (Å²) in [5.74, 6) is 1.33. The van der Waals surface area contributed by atoms with Gasteiger partial charge in [-0.05, 0) is 58.3 Å². The highest BCUT2D eigenvalue weighted by atomic mass is 16.6. The first kappa shape index (κ1) is 15.5. The third-order valence-electron chi connectivity index (χ3n) is 4.15. The molecule has 0 unspecified atom stereocenters. The van der Waals surface area contributed by atoms with Gasteiger partial charge in [0, 0.05) is 6.54 Å². The zero-order valence-electron chi connectivity index (χ0n) is 12.6. The fraction of sp³-hybridized carbons (Fsp3) is 0.933. The smallest absolute Gasteiger partial charge is 0.313 e. The van der Waals surface area contributed by atoms with Crippen molar-refractivity contribution < 1.29 is 9.53 Å². The maximum absolute atomic E-state index is 12.3. The molecule has 0 aromatic rings. The van der Waals surface area contributed by atoms with Crippen LogP contribution >= 0.6 is 0 Å². The standard InChI is InChI=1S/C15H29NO2/c1-11(2)12-6-8-15(10-16,9-7-12)13(17)18-14(3,4)5/h11-12H,6-10,16H2,1-5H3. The van der Waals surface area contributed by atoms with Crippen molar-refractivity contribution in [1.29, 1.82) is 0 Å². The second-order valence-corrected chi connectivity index (χ2v) is 7.07. The second-order valence-electron chi connectivity index (χ2n) is 7.07. The number of carbonyl (C=O) groups is 1. The van der Waals surface area contributed by atoms with E-state index in [-0.39, 0.29) is 5.97 Å². The van der Waals surface area contributed by atoms with Crippen LogP contribution in [0.3, 0.4) is 0 Å². The Balaban J connectivity index is 2.69.